The number of carbonyl (C=O) groups excluding carboxylic acids is 1. The van der Waals surface area contributed by atoms with E-state index in [4.69, 9.17) is 27.9 Å². The van der Waals surface area contributed by atoms with Crippen molar-refractivity contribution in [2.75, 3.05) is 12.9 Å². The van der Waals surface area contributed by atoms with E-state index in [1.165, 1.54) is 11.8 Å². The second-order valence-corrected chi connectivity index (χ2v) is 9.64. The first-order valence-electron chi connectivity index (χ1n) is 10.9. The number of amides is 1. The van der Waals surface area contributed by atoms with Crippen LogP contribution in [-0.4, -0.2) is 39.2 Å². The van der Waals surface area contributed by atoms with Crippen LogP contribution >= 0.6 is 35.0 Å². The van der Waals surface area contributed by atoms with Crippen LogP contribution in [0.5, 0.6) is 5.75 Å². The van der Waals surface area contributed by atoms with Crippen molar-refractivity contribution >= 4 is 46.6 Å². The van der Waals surface area contributed by atoms with Crippen LogP contribution < -0.4 is 10.2 Å². The number of halogens is 2. The predicted molar refractivity (Wildman–Crippen MR) is 146 cm³/mol. The third-order valence-corrected chi connectivity index (χ3v) is 6.75. The Morgan fingerprint density at radius 2 is 1.78 bits per heavy atom. The van der Waals surface area contributed by atoms with Crippen LogP contribution in [-0.2, 0) is 4.79 Å². The number of hydrogen-bond donors (Lipinski definition) is 1. The molecule has 4 rings (SSSR count). The maximum atomic E-state index is 12.6. The number of hydrazone groups is 1. The summed E-state index contributed by atoms with van der Waals surface area (Å²) in [6, 6.07) is 20.7. The van der Waals surface area contributed by atoms with Gasteiger partial charge in [0.25, 0.3) is 5.91 Å². The molecule has 0 bridgehead atoms. The molecule has 4 aromatic rings. The zero-order valence-electron chi connectivity index (χ0n) is 19.8. The van der Waals surface area contributed by atoms with Gasteiger partial charge < -0.3 is 4.74 Å². The monoisotopic (exact) mass is 539 g/mol. The van der Waals surface area contributed by atoms with Gasteiger partial charge in [-0.25, -0.2) is 5.43 Å². The first-order valence-corrected chi connectivity index (χ1v) is 12.7. The van der Waals surface area contributed by atoms with E-state index >= 15 is 0 Å². The quantitative estimate of drug-likeness (QED) is 0.164. The Labute approximate surface area is 223 Å². The lowest BCUT2D eigenvalue weighted by Crippen LogP contribution is -2.21. The Hall–Kier alpha value is -3.33. The molecule has 3 aromatic carbocycles. The minimum absolute atomic E-state index is 0.0950. The van der Waals surface area contributed by atoms with Gasteiger partial charge in [0.15, 0.2) is 11.0 Å². The number of benzene rings is 3. The standard InChI is InChI=1S/C26H23Cl2N5O2S/c1-16-4-9-20(10-5-16)33-25(18-6-11-21(35-3)12-7-18)31-32-26(33)36-15-24(34)30-29-17(2)22-13-8-19(27)14-23(22)28/h4-14H,15H2,1-3H3,(H,30,34)/b29-17+. The number of aromatic nitrogens is 3. The number of aryl methyl sites for hydroxylation is 1. The van der Waals surface area contributed by atoms with Gasteiger partial charge >= 0.3 is 0 Å². The fourth-order valence-corrected chi connectivity index (χ4v) is 4.66. The molecule has 0 aliphatic carbocycles. The van der Waals surface area contributed by atoms with E-state index in [1.54, 1.807) is 32.2 Å². The molecule has 10 heteroatoms. The summed E-state index contributed by atoms with van der Waals surface area (Å²) in [5.41, 5.74) is 6.75. The Morgan fingerprint density at radius 1 is 1.06 bits per heavy atom. The van der Waals surface area contributed by atoms with Gasteiger partial charge in [0, 0.05) is 21.8 Å². The maximum absolute atomic E-state index is 12.6. The van der Waals surface area contributed by atoms with E-state index in [2.05, 4.69) is 20.7 Å². The van der Waals surface area contributed by atoms with Crippen LogP contribution in [0.15, 0.2) is 77.0 Å². The summed E-state index contributed by atoms with van der Waals surface area (Å²) in [7, 11) is 1.62. The minimum atomic E-state index is -0.283. The highest BCUT2D eigenvalue weighted by Gasteiger charge is 2.17. The summed E-state index contributed by atoms with van der Waals surface area (Å²) in [6.45, 7) is 3.79. The molecule has 1 N–H and O–H groups in total. The van der Waals surface area contributed by atoms with Crippen molar-refractivity contribution in [2.24, 2.45) is 5.10 Å². The second kappa shape index (κ2) is 11.6. The third kappa shape index (κ3) is 6.07. The molecule has 7 nitrogen and oxygen atoms in total. The van der Waals surface area contributed by atoms with Gasteiger partial charge in [0.2, 0.25) is 0 Å². The molecule has 1 amide bonds. The van der Waals surface area contributed by atoms with Crippen LogP contribution in [0, 0.1) is 6.92 Å². The summed E-state index contributed by atoms with van der Waals surface area (Å²) < 4.78 is 7.20. The highest BCUT2D eigenvalue weighted by molar-refractivity contribution is 7.99. The number of rotatable bonds is 8. The van der Waals surface area contributed by atoms with Gasteiger partial charge in [-0.15, -0.1) is 10.2 Å². The van der Waals surface area contributed by atoms with E-state index in [1.807, 2.05) is 60.0 Å². The predicted octanol–water partition coefficient (Wildman–Crippen LogP) is 6.19. The molecule has 184 valence electrons. The summed E-state index contributed by atoms with van der Waals surface area (Å²) in [4.78, 5) is 12.6. The molecule has 0 radical (unpaired) electrons. The molecule has 0 aliphatic heterocycles. The first-order chi connectivity index (χ1) is 17.4. The average Bonchev–Trinajstić information content (AvgIpc) is 3.30. The van der Waals surface area contributed by atoms with E-state index in [9.17, 15) is 4.79 Å². The number of nitrogens with zero attached hydrogens (tertiary/aromatic N) is 4. The number of thioether (sulfide) groups is 1. The van der Waals surface area contributed by atoms with Crippen LogP contribution in [0.3, 0.4) is 0 Å². The maximum Gasteiger partial charge on any atom is 0.250 e. The summed E-state index contributed by atoms with van der Waals surface area (Å²) >= 11 is 13.5. The van der Waals surface area contributed by atoms with Crippen LogP contribution in [0.2, 0.25) is 10.0 Å². The zero-order valence-corrected chi connectivity index (χ0v) is 22.2. The molecule has 0 atom stereocenters. The molecule has 1 heterocycles. The van der Waals surface area contributed by atoms with Crippen molar-refractivity contribution in [3.8, 4) is 22.8 Å². The van der Waals surface area contributed by atoms with Crippen molar-refractivity contribution in [1.82, 2.24) is 20.2 Å². The lowest BCUT2D eigenvalue weighted by Gasteiger charge is -2.11. The fraction of sp³-hybridized carbons (Fsp3) is 0.154. The molecule has 0 unspecified atom stereocenters. The Bertz CT molecular complexity index is 1400. The van der Waals surface area contributed by atoms with Gasteiger partial charge in [0.1, 0.15) is 5.75 Å². The van der Waals surface area contributed by atoms with Crippen molar-refractivity contribution in [3.05, 3.63) is 87.9 Å². The molecule has 0 spiro atoms. The SMILES string of the molecule is COc1ccc(-c2nnc(SCC(=O)N/N=C(\C)c3ccc(Cl)cc3Cl)n2-c2ccc(C)cc2)cc1. The molecule has 1 aromatic heterocycles. The van der Waals surface area contributed by atoms with Gasteiger partial charge in [-0.05, 0) is 62.4 Å². The molecular weight excluding hydrogens is 517 g/mol. The van der Waals surface area contributed by atoms with E-state index in [-0.39, 0.29) is 11.7 Å². The van der Waals surface area contributed by atoms with Gasteiger partial charge in [-0.3, -0.25) is 9.36 Å². The van der Waals surface area contributed by atoms with E-state index in [0.717, 1.165) is 22.6 Å². The molecule has 0 aliphatic rings. The van der Waals surface area contributed by atoms with Gasteiger partial charge in [-0.2, -0.15) is 5.10 Å². The number of nitrogens with one attached hydrogen (secondary N) is 1. The van der Waals surface area contributed by atoms with Crippen LogP contribution in [0.25, 0.3) is 17.1 Å². The normalized spacial score (nSPS) is 11.4. The molecule has 0 fully saturated rings. The fourth-order valence-electron chi connectivity index (χ4n) is 3.37. The lowest BCUT2D eigenvalue weighted by atomic mass is 10.1. The Kier molecular flexibility index (Phi) is 8.30. The molecule has 36 heavy (non-hydrogen) atoms. The highest BCUT2D eigenvalue weighted by Crippen LogP contribution is 2.29. The zero-order chi connectivity index (χ0) is 25.7. The Balaban J connectivity index is 1.53. The highest BCUT2D eigenvalue weighted by atomic mass is 35.5. The van der Waals surface area contributed by atoms with Crippen molar-refractivity contribution < 1.29 is 9.53 Å². The molecule has 0 saturated heterocycles. The lowest BCUT2D eigenvalue weighted by molar-refractivity contribution is -0.118. The topological polar surface area (TPSA) is 81.4 Å². The first kappa shape index (κ1) is 25.8. The minimum Gasteiger partial charge on any atom is -0.497 e. The average molecular weight is 540 g/mol. The summed E-state index contributed by atoms with van der Waals surface area (Å²) in [5, 5.41) is 14.5. The van der Waals surface area contributed by atoms with Gasteiger partial charge in [0.05, 0.1) is 23.6 Å². The Morgan fingerprint density at radius 3 is 2.44 bits per heavy atom. The van der Waals surface area contributed by atoms with E-state index in [0.29, 0.717) is 32.3 Å². The number of hydrogen-bond acceptors (Lipinski definition) is 6. The van der Waals surface area contributed by atoms with Crippen LogP contribution in [0.1, 0.15) is 18.1 Å². The smallest absolute Gasteiger partial charge is 0.250 e. The largest absolute Gasteiger partial charge is 0.497 e. The van der Waals surface area contributed by atoms with Crippen LogP contribution in [0.4, 0.5) is 0 Å². The number of carbonyl (C=O) groups is 1. The second-order valence-electron chi connectivity index (χ2n) is 7.85. The summed E-state index contributed by atoms with van der Waals surface area (Å²) in [6.07, 6.45) is 0. The molecule has 0 saturated carbocycles. The van der Waals surface area contributed by atoms with Gasteiger partial charge in [-0.1, -0.05) is 58.7 Å². The van der Waals surface area contributed by atoms with E-state index < -0.39 is 0 Å². The molecular formula is C26H23Cl2N5O2S. The number of methoxy groups -OCH3 is 1. The third-order valence-electron chi connectivity index (χ3n) is 5.28. The van der Waals surface area contributed by atoms with Crippen molar-refractivity contribution in [1.29, 1.82) is 0 Å². The van der Waals surface area contributed by atoms with Crippen molar-refractivity contribution in [2.45, 2.75) is 19.0 Å². The number of ether oxygens (including phenoxy) is 1. The summed E-state index contributed by atoms with van der Waals surface area (Å²) in [5.74, 6) is 1.23. The van der Waals surface area contributed by atoms with Crippen molar-refractivity contribution in [3.63, 3.8) is 0 Å².